The predicted octanol–water partition coefficient (Wildman–Crippen LogP) is 2.12. The standard InChI is InChI=1S/C16H20N6O4/c1-16(2,3)19-14-13(22(24)25)15(18-10-17-14)21-20-12(23)9-26-11-7-5-4-6-8-11/h4-8,10H,9H2,1-3H3,(H,20,23)(H2,17,18,19,21). The second-order valence-electron chi connectivity index (χ2n) is 6.33. The fraction of sp³-hybridized carbons (Fsp3) is 0.312. The lowest BCUT2D eigenvalue weighted by Crippen LogP contribution is -2.34. The SMILES string of the molecule is CC(C)(C)Nc1ncnc(NNC(=O)COc2ccccc2)c1[N+](=O)[O-]. The van der Waals surface area contributed by atoms with Gasteiger partial charge in [0.25, 0.3) is 5.91 Å². The molecule has 26 heavy (non-hydrogen) atoms. The van der Waals surface area contributed by atoms with Crippen molar-refractivity contribution in [2.75, 3.05) is 17.3 Å². The molecule has 0 radical (unpaired) electrons. The summed E-state index contributed by atoms with van der Waals surface area (Å²) in [5.41, 5.74) is 3.95. The molecule has 0 unspecified atom stereocenters. The lowest BCUT2D eigenvalue weighted by molar-refractivity contribution is -0.383. The van der Waals surface area contributed by atoms with Crippen molar-refractivity contribution in [2.45, 2.75) is 26.3 Å². The number of carbonyl (C=O) groups excluding carboxylic acids is 1. The quantitative estimate of drug-likeness (QED) is 0.505. The first kappa shape index (κ1) is 18.9. The number of benzene rings is 1. The van der Waals surface area contributed by atoms with Crippen molar-refractivity contribution in [1.82, 2.24) is 15.4 Å². The first-order chi connectivity index (χ1) is 12.3. The van der Waals surface area contributed by atoms with E-state index in [4.69, 9.17) is 4.74 Å². The molecule has 0 saturated heterocycles. The summed E-state index contributed by atoms with van der Waals surface area (Å²) < 4.78 is 5.29. The van der Waals surface area contributed by atoms with Gasteiger partial charge >= 0.3 is 5.69 Å². The van der Waals surface area contributed by atoms with Crippen LogP contribution in [0.5, 0.6) is 5.75 Å². The van der Waals surface area contributed by atoms with Crippen LogP contribution in [0.15, 0.2) is 36.7 Å². The molecule has 2 rings (SSSR count). The lowest BCUT2D eigenvalue weighted by atomic mass is 10.1. The molecule has 1 aromatic heterocycles. The van der Waals surface area contributed by atoms with Crippen molar-refractivity contribution in [3.05, 3.63) is 46.8 Å². The second-order valence-corrected chi connectivity index (χ2v) is 6.33. The fourth-order valence-electron chi connectivity index (χ4n) is 1.92. The first-order valence-electron chi connectivity index (χ1n) is 7.76. The molecular weight excluding hydrogens is 340 g/mol. The van der Waals surface area contributed by atoms with E-state index in [0.29, 0.717) is 5.75 Å². The monoisotopic (exact) mass is 360 g/mol. The average Bonchev–Trinajstić information content (AvgIpc) is 2.57. The number of nitro groups is 1. The Bertz CT molecular complexity index is 776. The highest BCUT2D eigenvalue weighted by molar-refractivity contribution is 5.80. The topological polar surface area (TPSA) is 131 Å². The molecule has 0 saturated carbocycles. The number of nitrogens with zero attached hydrogens (tertiary/aromatic N) is 3. The van der Waals surface area contributed by atoms with E-state index in [9.17, 15) is 14.9 Å². The van der Waals surface area contributed by atoms with Crippen LogP contribution in [-0.4, -0.2) is 32.9 Å². The van der Waals surface area contributed by atoms with Crippen LogP contribution in [0.25, 0.3) is 0 Å². The zero-order chi connectivity index (χ0) is 19.2. The van der Waals surface area contributed by atoms with Gasteiger partial charge in [-0.25, -0.2) is 9.97 Å². The van der Waals surface area contributed by atoms with Crippen LogP contribution < -0.4 is 20.9 Å². The Morgan fingerprint density at radius 2 is 1.85 bits per heavy atom. The minimum absolute atomic E-state index is 0.0507. The van der Waals surface area contributed by atoms with Crippen LogP contribution >= 0.6 is 0 Å². The van der Waals surface area contributed by atoms with E-state index in [-0.39, 0.29) is 23.9 Å². The molecular formula is C16H20N6O4. The van der Waals surface area contributed by atoms with Gasteiger partial charge in [-0.15, -0.1) is 0 Å². The smallest absolute Gasteiger partial charge is 0.354 e. The van der Waals surface area contributed by atoms with Gasteiger partial charge in [0, 0.05) is 5.54 Å². The molecule has 0 aliphatic rings. The van der Waals surface area contributed by atoms with Gasteiger partial charge in [-0.3, -0.25) is 25.8 Å². The van der Waals surface area contributed by atoms with Crippen molar-refractivity contribution in [3.8, 4) is 5.75 Å². The highest BCUT2D eigenvalue weighted by Gasteiger charge is 2.26. The van der Waals surface area contributed by atoms with E-state index >= 15 is 0 Å². The van der Waals surface area contributed by atoms with E-state index < -0.39 is 16.4 Å². The first-order valence-corrected chi connectivity index (χ1v) is 7.76. The molecule has 0 aliphatic heterocycles. The predicted molar refractivity (Wildman–Crippen MR) is 95.8 cm³/mol. The maximum absolute atomic E-state index is 11.9. The molecule has 1 aromatic carbocycles. The minimum atomic E-state index is -0.622. The zero-order valence-corrected chi connectivity index (χ0v) is 14.6. The molecule has 10 heteroatoms. The number of carbonyl (C=O) groups is 1. The third kappa shape index (κ3) is 5.58. The van der Waals surface area contributed by atoms with Crippen LogP contribution in [0.3, 0.4) is 0 Å². The van der Waals surface area contributed by atoms with Crippen molar-refractivity contribution in [1.29, 1.82) is 0 Å². The molecule has 0 aliphatic carbocycles. The maximum Gasteiger partial charge on any atom is 0.354 e. The molecule has 0 atom stereocenters. The molecule has 10 nitrogen and oxygen atoms in total. The van der Waals surface area contributed by atoms with Crippen molar-refractivity contribution in [2.24, 2.45) is 0 Å². The Kier molecular flexibility index (Phi) is 5.89. The Balaban J connectivity index is 2.03. The normalized spacial score (nSPS) is 10.7. The van der Waals surface area contributed by atoms with Gasteiger partial charge in [0.1, 0.15) is 12.1 Å². The zero-order valence-electron chi connectivity index (χ0n) is 14.6. The highest BCUT2D eigenvalue weighted by atomic mass is 16.6. The summed E-state index contributed by atoms with van der Waals surface area (Å²) in [7, 11) is 0. The number of amides is 1. The number of hydrogen-bond acceptors (Lipinski definition) is 8. The van der Waals surface area contributed by atoms with Gasteiger partial charge in [0.15, 0.2) is 6.61 Å². The molecule has 2 aromatic rings. The third-order valence-electron chi connectivity index (χ3n) is 2.93. The second kappa shape index (κ2) is 8.10. The van der Waals surface area contributed by atoms with Gasteiger partial charge in [0.2, 0.25) is 11.6 Å². The van der Waals surface area contributed by atoms with Gasteiger partial charge in [-0.1, -0.05) is 18.2 Å². The summed E-state index contributed by atoms with van der Waals surface area (Å²) in [6, 6.07) is 8.80. The summed E-state index contributed by atoms with van der Waals surface area (Å²) in [5, 5.41) is 14.3. The van der Waals surface area contributed by atoms with Gasteiger partial charge in [-0.2, -0.15) is 0 Å². The summed E-state index contributed by atoms with van der Waals surface area (Å²) in [4.78, 5) is 30.4. The Labute approximate surface area is 150 Å². The van der Waals surface area contributed by atoms with Gasteiger partial charge < -0.3 is 10.1 Å². The van der Waals surface area contributed by atoms with Crippen LogP contribution in [0.2, 0.25) is 0 Å². The fourth-order valence-corrected chi connectivity index (χ4v) is 1.92. The molecule has 1 amide bonds. The lowest BCUT2D eigenvalue weighted by Gasteiger charge is -2.21. The largest absolute Gasteiger partial charge is 0.484 e. The number of aromatic nitrogens is 2. The molecule has 1 heterocycles. The molecule has 138 valence electrons. The van der Waals surface area contributed by atoms with Gasteiger partial charge in [-0.05, 0) is 32.9 Å². The summed E-state index contributed by atoms with van der Waals surface area (Å²) in [6.45, 7) is 5.26. The Hall–Kier alpha value is -3.43. The minimum Gasteiger partial charge on any atom is -0.484 e. The van der Waals surface area contributed by atoms with Crippen molar-refractivity contribution < 1.29 is 14.5 Å². The van der Waals surface area contributed by atoms with Crippen LogP contribution in [0.1, 0.15) is 20.8 Å². The summed E-state index contributed by atoms with van der Waals surface area (Å²) in [5.74, 6) is -0.0704. The highest BCUT2D eigenvalue weighted by Crippen LogP contribution is 2.30. The van der Waals surface area contributed by atoms with Crippen LogP contribution in [0, 0.1) is 10.1 Å². The summed E-state index contributed by atoms with van der Waals surface area (Å²) in [6.07, 6.45) is 1.16. The number of nitrogens with one attached hydrogen (secondary N) is 3. The molecule has 0 bridgehead atoms. The number of para-hydroxylation sites is 1. The third-order valence-corrected chi connectivity index (χ3v) is 2.93. The van der Waals surface area contributed by atoms with E-state index in [0.717, 1.165) is 6.33 Å². The number of ether oxygens (including phenoxy) is 1. The van der Waals surface area contributed by atoms with E-state index in [2.05, 4.69) is 26.1 Å². The van der Waals surface area contributed by atoms with Crippen LogP contribution in [0.4, 0.5) is 17.3 Å². The number of anilines is 2. The number of hydrazine groups is 1. The summed E-state index contributed by atoms with van der Waals surface area (Å²) >= 11 is 0. The van der Waals surface area contributed by atoms with E-state index in [1.54, 1.807) is 24.3 Å². The van der Waals surface area contributed by atoms with Gasteiger partial charge in [0.05, 0.1) is 4.92 Å². The number of hydrogen-bond donors (Lipinski definition) is 3. The van der Waals surface area contributed by atoms with E-state index in [1.807, 2.05) is 26.8 Å². The molecule has 3 N–H and O–H groups in total. The maximum atomic E-state index is 11.9. The van der Waals surface area contributed by atoms with Crippen molar-refractivity contribution >= 4 is 23.2 Å². The van der Waals surface area contributed by atoms with Crippen molar-refractivity contribution in [3.63, 3.8) is 0 Å². The van der Waals surface area contributed by atoms with Crippen LogP contribution in [-0.2, 0) is 4.79 Å². The Morgan fingerprint density at radius 1 is 1.19 bits per heavy atom. The number of rotatable bonds is 7. The Morgan fingerprint density at radius 3 is 2.46 bits per heavy atom. The van der Waals surface area contributed by atoms with E-state index in [1.165, 1.54) is 0 Å². The molecule has 0 fully saturated rings. The molecule has 0 spiro atoms. The average molecular weight is 360 g/mol.